The highest BCUT2D eigenvalue weighted by Gasteiger charge is 2.43. The SMILES string of the molecule is C=C/C=C/c1ccccc1C1(C(=C)C)C(C)=C(/C=C\C(=C)N(c2ccccc2)c2cccc3c2CC(C)C=C3)Cc2cc(N(c3ccccc3)c3cccc4ccccc34)ccc21.CC/C=C\C1=C(C)Cc2ccccc21. The van der Waals surface area contributed by atoms with Crippen molar-refractivity contribution in [3.8, 4) is 0 Å². The average Bonchev–Trinajstić information content (AvgIpc) is 3.97. The number of fused-ring (bicyclic) bond motifs is 4. The van der Waals surface area contributed by atoms with Gasteiger partial charge in [0.15, 0.2) is 0 Å². The van der Waals surface area contributed by atoms with Crippen LogP contribution in [0.2, 0.25) is 0 Å². The molecule has 0 N–H and O–H groups in total. The quantitative estimate of drug-likeness (QED) is 0.0791. The van der Waals surface area contributed by atoms with Crippen molar-refractivity contribution >= 4 is 56.9 Å². The highest BCUT2D eigenvalue weighted by Crippen LogP contribution is 2.53. The van der Waals surface area contributed by atoms with Crippen LogP contribution in [0.1, 0.15) is 85.5 Å². The van der Waals surface area contributed by atoms with Crippen molar-refractivity contribution in [1.82, 2.24) is 0 Å². The molecule has 0 bridgehead atoms. The van der Waals surface area contributed by atoms with Gasteiger partial charge in [-0.3, -0.25) is 0 Å². The van der Waals surface area contributed by atoms with Gasteiger partial charge in [-0.15, -0.1) is 0 Å². The summed E-state index contributed by atoms with van der Waals surface area (Å²) in [5.74, 6) is 0.456. The number of rotatable bonds is 14. The zero-order valence-corrected chi connectivity index (χ0v) is 45.5. The number of hydrogen-bond donors (Lipinski definition) is 0. The molecule has 0 fully saturated rings. The van der Waals surface area contributed by atoms with Gasteiger partial charge in [-0.2, -0.15) is 0 Å². The summed E-state index contributed by atoms with van der Waals surface area (Å²) in [7, 11) is 0. The van der Waals surface area contributed by atoms with E-state index in [1.54, 1.807) is 0 Å². The van der Waals surface area contributed by atoms with E-state index in [1.807, 2.05) is 12.2 Å². The number of nitrogens with zero attached hydrogens (tertiary/aromatic N) is 2. The van der Waals surface area contributed by atoms with Gasteiger partial charge >= 0.3 is 0 Å². The van der Waals surface area contributed by atoms with Gasteiger partial charge in [0.25, 0.3) is 0 Å². The summed E-state index contributed by atoms with van der Waals surface area (Å²) < 4.78 is 0. The topological polar surface area (TPSA) is 6.48 Å². The van der Waals surface area contributed by atoms with Crippen molar-refractivity contribution in [3.05, 3.63) is 323 Å². The molecule has 0 saturated carbocycles. The van der Waals surface area contributed by atoms with Gasteiger partial charge in [0.2, 0.25) is 0 Å². The smallest absolute Gasteiger partial charge is 0.0627 e. The molecule has 0 saturated heterocycles. The van der Waals surface area contributed by atoms with Gasteiger partial charge < -0.3 is 9.80 Å². The minimum atomic E-state index is -0.619. The highest BCUT2D eigenvalue weighted by atomic mass is 15.2. The van der Waals surface area contributed by atoms with E-state index in [0.717, 1.165) is 65.3 Å². The zero-order valence-electron chi connectivity index (χ0n) is 45.5. The van der Waals surface area contributed by atoms with Crippen LogP contribution >= 0.6 is 0 Å². The Morgan fingerprint density at radius 3 is 2.12 bits per heavy atom. The maximum absolute atomic E-state index is 4.82. The third kappa shape index (κ3) is 10.2. The van der Waals surface area contributed by atoms with Crippen LogP contribution in [0.15, 0.2) is 278 Å². The fraction of sp³-hybridized carbons (Fsp3) is 0.147. The predicted molar refractivity (Wildman–Crippen MR) is 334 cm³/mol. The summed E-state index contributed by atoms with van der Waals surface area (Å²) in [4.78, 5) is 4.73. The maximum atomic E-state index is 4.82. The molecule has 0 aromatic heterocycles. The molecule has 2 atom stereocenters. The maximum Gasteiger partial charge on any atom is 0.0627 e. The first-order valence-electron chi connectivity index (χ1n) is 27.3. The van der Waals surface area contributed by atoms with Crippen molar-refractivity contribution in [2.75, 3.05) is 9.80 Å². The monoisotopic (exact) mass is 999 g/mol. The van der Waals surface area contributed by atoms with Crippen LogP contribution in [0, 0.1) is 5.92 Å². The van der Waals surface area contributed by atoms with E-state index in [1.165, 1.54) is 77.7 Å². The summed E-state index contributed by atoms with van der Waals surface area (Å²) in [6.07, 6.45) is 23.6. The van der Waals surface area contributed by atoms with E-state index in [2.05, 4.69) is 282 Å². The number of para-hydroxylation sites is 2. The molecule has 2 unspecified atom stereocenters. The van der Waals surface area contributed by atoms with Crippen LogP contribution in [0.3, 0.4) is 0 Å². The fourth-order valence-corrected chi connectivity index (χ4v) is 12.0. The van der Waals surface area contributed by atoms with E-state index in [4.69, 9.17) is 13.2 Å². The van der Waals surface area contributed by atoms with Gasteiger partial charge in [0.1, 0.15) is 0 Å². The van der Waals surface area contributed by atoms with E-state index in [-0.39, 0.29) is 0 Å². The molecule has 380 valence electrons. The molecule has 3 aliphatic carbocycles. The fourth-order valence-electron chi connectivity index (χ4n) is 12.0. The van der Waals surface area contributed by atoms with Gasteiger partial charge in [-0.25, -0.2) is 0 Å². The molecule has 0 heterocycles. The van der Waals surface area contributed by atoms with E-state index < -0.39 is 5.41 Å². The summed E-state index contributed by atoms with van der Waals surface area (Å²) in [6, 6.07) is 67.8. The van der Waals surface area contributed by atoms with Crippen LogP contribution in [0.4, 0.5) is 28.4 Å². The number of allylic oxidation sites excluding steroid dienone is 12. The molecule has 0 spiro atoms. The molecule has 0 radical (unpaired) electrons. The van der Waals surface area contributed by atoms with Crippen molar-refractivity contribution < 1.29 is 0 Å². The minimum absolute atomic E-state index is 0.456. The minimum Gasteiger partial charge on any atom is -0.311 e. The number of benzene rings is 8. The molecule has 2 heteroatoms. The molecule has 2 nitrogen and oxygen atoms in total. The largest absolute Gasteiger partial charge is 0.311 e. The normalized spacial score (nSPS) is 16.6. The molecule has 77 heavy (non-hydrogen) atoms. The Labute approximate surface area is 458 Å². The van der Waals surface area contributed by atoms with Crippen LogP contribution in [0.5, 0.6) is 0 Å². The van der Waals surface area contributed by atoms with Crippen LogP contribution in [0.25, 0.3) is 28.5 Å². The molecular formula is C75H70N2. The number of anilines is 5. The summed E-state index contributed by atoms with van der Waals surface area (Å²) >= 11 is 0. The summed E-state index contributed by atoms with van der Waals surface area (Å²) in [5, 5.41) is 2.41. The van der Waals surface area contributed by atoms with Crippen molar-refractivity contribution in [3.63, 3.8) is 0 Å². The third-order valence-electron chi connectivity index (χ3n) is 15.7. The van der Waals surface area contributed by atoms with Crippen molar-refractivity contribution in [2.45, 2.75) is 65.7 Å². The summed E-state index contributed by atoms with van der Waals surface area (Å²) in [5.41, 5.74) is 22.7. The van der Waals surface area contributed by atoms with Crippen molar-refractivity contribution in [1.29, 1.82) is 0 Å². The third-order valence-corrected chi connectivity index (χ3v) is 15.7. The van der Waals surface area contributed by atoms with E-state index in [9.17, 15) is 0 Å². The van der Waals surface area contributed by atoms with Gasteiger partial charge in [-0.05, 0) is 168 Å². The van der Waals surface area contributed by atoms with Crippen LogP contribution < -0.4 is 9.80 Å². The molecule has 0 amide bonds. The Hall–Kier alpha value is -8.72. The Kier molecular flexibility index (Phi) is 15.5. The van der Waals surface area contributed by atoms with Crippen molar-refractivity contribution in [2.24, 2.45) is 5.92 Å². The standard InChI is InChI=1S/C61H54N2.C14H16/c1-7-8-21-49-23-16-18-31-57(49)61(43(2)3)46(6)50(37-35-45(5)62(52-26-11-9-12-27-52)60-33-20-25-48-36-34-44(4)40-56(48)60)41-51-42-54(38-39-58(51)61)63(53-28-13-10-14-29-53)59-32-19-24-47-22-15-17-30-55(47)59;1-3-4-8-13-11(2)10-12-7-5-6-9-14(12)13/h7-39,42,44H,1-2,5,40-41H2,3-4,6H3;4-9H,3,10H2,1-2H3/b21-8+,37-35-;8-4-. The summed E-state index contributed by atoms with van der Waals surface area (Å²) in [6.45, 7) is 24.8. The molecule has 0 aliphatic heterocycles. The first-order valence-corrected chi connectivity index (χ1v) is 27.3. The second-order valence-electron chi connectivity index (χ2n) is 20.8. The Morgan fingerprint density at radius 2 is 1.34 bits per heavy atom. The molecule has 8 aromatic carbocycles. The van der Waals surface area contributed by atoms with Crippen LogP contribution in [-0.2, 0) is 24.7 Å². The second kappa shape index (κ2) is 23.0. The van der Waals surface area contributed by atoms with Gasteiger partial charge in [0.05, 0.1) is 11.1 Å². The molecule has 11 rings (SSSR count). The Morgan fingerprint density at radius 1 is 0.649 bits per heavy atom. The molecule has 8 aromatic rings. The first-order chi connectivity index (χ1) is 37.6. The van der Waals surface area contributed by atoms with E-state index >= 15 is 0 Å². The lowest BCUT2D eigenvalue weighted by atomic mass is 9.59. The second-order valence-corrected chi connectivity index (χ2v) is 20.8. The molecular weight excluding hydrogens is 929 g/mol. The van der Waals surface area contributed by atoms with Gasteiger partial charge in [0, 0.05) is 33.8 Å². The Bertz CT molecular complexity index is 3700. The molecule has 3 aliphatic rings. The lowest BCUT2D eigenvalue weighted by Crippen LogP contribution is -2.36. The average molecular weight is 999 g/mol. The lowest BCUT2D eigenvalue weighted by Gasteiger charge is -2.44. The van der Waals surface area contributed by atoms with E-state index in [0.29, 0.717) is 5.92 Å². The Balaban J connectivity index is 0.000000415. The predicted octanol–water partition coefficient (Wildman–Crippen LogP) is 20.3. The van der Waals surface area contributed by atoms with Gasteiger partial charge in [-0.1, -0.05) is 238 Å². The highest BCUT2D eigenvalue weighted by molar-refractivity contribution is 5.99. The lowest BCUT2D eigenvalue weighted by molar-refractivity contribution is 0.670. The zero-order chi connectivity index (χ0) is 53.5. The first kappa shape index (κ1) is 51.8. The van der Waals surface area contributed by atoms with Crippen LogP contribution in [-0.4, -0.2) is 0 Å². The number of hydrogen-bond acceptors (Lipinski definition) is 2.